The first kappa shape index (κ1) is 14.3. The maximum atomic E-state index is 11.9. The van der Waals surface area contributed by atoms with E-state index < -0.39 is 9.84 Å². The fourth-order valence-electron chi connectivity index (χ4n) is 2.46. The van der Waals surface area contributed by atoms with E-state index in [0.717, 1.165) is 13.0 Å². The van der Waals surface area contributed by atoms with Gasteiger partial charge in [0.25, 0.3) is 0 Å². The maximum absolute atomic E-state index is 11.9. The Morgan fingerprint density at radius 3 is 2.76 bits per heavy atom. The van der Waals surface area contributed by atoms with Crippen molar-refractivity contribution in [3.8, 4) is 0 Å². The molecule has 0 amide bonds. The molecule has 0 N–H and O–H groups in total. The zero-order chi connectivity index (χ0) is 14.9. The van der Waals surface area contributed by atoms with Gasteiger partial charge in [0.2, 0.25) is 0 Å². The first-order valence-electron chi connectivity index (χ1n) is 6.68. The molecule has 0 spiro atoms. The summed E-state index contributed by atoms with van der Waals surface area (Å²) in [7, 11) is -3.26. The first-order valence-corrected chi connectivity index (χ1v) is 9.46. The molecule has 0 saturated carbocycles. The highest BCUT2D eigenvalue weighted by molar-refractivity contribution is 7.90. The molecular formula is C15H16N2O2S2. The Morgan fingerprint density at radius 2 is 2.14 bits per heavy atom. The Bertz CT molecular complexity index is 765. The number of rotatable bonds is 3. The highest BCUT2D eigenvalue weighted by Gasteiger charge is 2.21. The zero-order valence-electron chi connectivity index (χ0n) is 11.7. The van der Waals surface area contributed by atoms with Crippen molar-refractivity contribution in [2.75, 3.05) is 24.2 Å². The molecule has 0 unspecified atom stereocenters. The molecule has 0 atom stereocenters. The predicted octanol–water partition coefficient (Wildman–Crippen LogP) is 2.84. The van der Waals surface area contributed by atoms with Crippen LogP contribution < -0.4 is 4.90 Å². The molecule has 3 rings (SSSR count). The van der Waals surface area contributed by atoms with Gasteiger partial charge in [0.1, 0.15) is 10.7 Å². The van der Waals surface area contributed by atoms with Crippen molar-refractivity contribution >= 4 is 32.6 Å². The number of nitrogens with zero attached hydrogens (tertiary/aromatic N) is 2. The second-order valence-electron chi connectivity index (χ2n) is 5.00. The number of aromatic nitrogens is 1. The molecule has 1 aliphatic rings. The smallest absolute Gasteiger partial charge is 0.179 e. The third-order valence-electron chi connectivity index (χ3n) is 3.50. The average Bonchev–Trinajstić information content (AvgIpc) is 3.01. The largest absolute Gasteiger partial charge is 0.351 e. The summed E-state index contributed by atoms with van der Waals surface area (Å²) < 4.78 is 23.7. The van der Waals surface area contributed by atoms with E-state index in [1.54, 1.807) is 29.7 Å². The van der Waals surface area contributed by atoms with E-state index >= 15 is 0 Å². The van der Waals surface area contributed by atoms with Crippen molar-refractivity contribution in [2.24, 2.45) is 0 Å². The lowest BCUT2D eigenvalue weighted by atomic mass is 10.1. The summed E-state index contributed by atoms with van der Waals surface area (Å²) in [5.74, 6) is 0.557. The van der Waals surface area contributed by atoms with E-state index in [4.69, 9.17) is 0 Å². The van der Waals surface area contributed by atoms with Crippen LogP contribution in [0.2, 0.25) is 0 Å². The van der Waals surface area contributed by atoms with Crippen LogP contribution in [0.5, 0.6) is 0 Å². The Labute approximate surface area is 128 Å². The van der Waals surface area contributed by atoms with Crippen molar-refractivity contribution in [1.82, 2.24) is 4.98 Å². The summed E-state index contributed by atoms with van der Waals surface area (Å²) in [6, 6.07) is 7.45. The molecule has 2 aromatic rings. The molecule has 110 valence electrons. The third-order valence-corrected chi connectivity index (χ3v) is 5.56. The van der Waals surface area contributed by atoms with Gasteiger partial charge in [0.15, 0.2) is 9.84 Å². The van der Waals surface area contributed by atoms with E-state index in [1.165, 1.54) is 16.7 Å². The molecule has 0 bridgehead atoms. The van der Waals surface area contributed by atoms with Gasteiger partial charge in [0.05, 0.1) is 0 Å². The summed E-state index contributed by atoms with van der Waals surface area (Å²) in [6.07, 6.45) is 5.93. The van der Waals surface area contributed by atoms with Crippen LogP contribution in [0.3, 0.4) is 0 Å². The van der Waals surface area contributed by atoms with E-state index in [1.807, 2.05) is 11.0 Å². The standard InChI is InChI=1S/C15H16N2O2S2/c1-21(18,19)14-5-2-8-16-15(14)17-9-6-12(7-10-17)13-4-3-11-20-13/h2-6,8,11H,7,9-10H2,1H3. The highest BCUT2D eigenvalue weighted by atomic mass is 32.2. The number of hydrogen-bond acceptors (Lipinski definition) is 5. The van der Waals surface area contributed by atoms with Crippen molar-refractivity contribution in [1.29, 1.82) is 0 Å². The van der Waals surface area contributed by atoms with Crippen LogP contribution in [0.4, 0.5) is 5.82 Å². The van der Waals surface area contributed by atoms with Gasteiger partial charge in [-0.05, 0) is 35.6 Å². The Balaban J connectivity index is 1.88. The predicted molar refractivity (Wildman–Crippen MR) is 86.5 cm³/mol. The Hall–Kier alpha value is -1.66. The lowest BCUT2D eigenvalue weighted by molar-refractivity contribution is 0.601. The second kappa shape index (κ2) is 5.61. The minimum Gasteiger partial charge on any atom is -0.351 e. The fraction of sp³-hybridized carbons (Fsp3) is 0.267. The van der Waals surface area contributed by atoms with Crippen LogP contribution >= 0.6 is 11.3 Å². The molecule has 0 aliphatic carbocycles. The van der Waals surface area contributed by atoms with Crippen LogP contribution in [-0.4, -0.2) is 32.7 Å². The lowest BCUT2D eigenvalue weighted by Gasteiger charge is -2.28. The molecule has 0 radical (unpaired) electrons. The number of hydrogen-bond donors (Lipinski definition) is 0. The quantitative estimate of drug-likeness (QED) is 0.872. The molecular weight excluding hydrogens is 304 g/mol. The minimum atomic E-state index is -3.26. The number of thiophene rings is 1. The SMILES string of the molecule is CS(=O)(=O)c1cccnc1N1CC=C(c2cccs2)CC1. The van der Waals surface area contributed by atoms with Crippen molar-refractivity contribution in [3.05, 3.63) is 46.8 Å². The van der Waals surface area contributed by atoms with Crippen LogP contribution in [0, 0.1) is 0 Å². The number of pyridine rings is 1. The van der Waals surface area contributed by atoms with Crippen LogP contribution in [0.1, 0.15) is 11.3 Å². The number of sulfone groups is 1. The monoisotopic (exact) mass is 320 g/mol. The Morgan fingerprint density at radius 1 is 1.29 bits per heavy atom. The van der Waals surface area contributed by atoms with Gasteiger partial charge in [-0.3, -0.25) is 0 Å². The molecule has 6 heteroatoms. The minimum absolute atomic E-state index is 0.304. The summed E-state index contributed by atoms with van der Waals surface area (Å²) in [5, 5.41) is 2.07. The molecule has 2 aromatic heterocycles. The average molecular weight is 320 g/mol. The molecule has 3 heterocycles. The van der Waals surface area contributed by atoms with Gasteiger partial charge in [-0.2, -0.15) is 0 Å². The van der Waals surface area contributed by atoms with Crippen molar-refractivity contribution in [2.45, 2.75) is 11.3 Å². The molecule has 1 aliphatic heterocycles. The Kier molecular flexibility index (Phi) is 3.82. The molecule has 0 aromatic carbocycles. The van der Waals surface area contributed by atoms with Gasteiger partial charge in [-0.25, -0.2) is 13.4 Å². The van der Waals surface area contributed by atoms with Crippen LogP contribution in [-0.2, 0) is 9.84 Å². The number of anilines is 1. The van der Waals surface area contributed by atoms with E-state index in [-0.39, 0.29) is 0 Å². The van der Waals surface area contributed by atoms with Gasteiger partial charge in [-0.15, -0.1) is 11.3 Å². The normalized spacial score (nSPS) is 15.9. The van der Waals surface area contributed by atoms with E-state index in [9.17, 15) is 8.42 Å². The van der Waals surface area contributed by atoms with Crippen LogP contribution in [0.15, 0.2) is 46.8 Å². The fourth-order valence-corrected chi connectivity index (χ4v) is 4.09. The van der Waals surface area contributed by atoms with Crippen molar-refractivity contribution in [3.63, 3.8) is 0 Å². The van der Waals surface area contributed by atoms with Gasteiger partial charge >= 0.3 is 0 Å². The summed E-state index contributed by atoms with van der Waals surface area (Å²) >= 11 is 1.74. The third kappa shape index (κ3) is 3.01. The first-order chi connectivity index (χ1) is 10.1. The molecule has 4 nitrogen and oxygen atoms in total. The summed E-state index contributed by atoms with van der Waals surface area (Å²) in [6.45, 7) is 1.47. The van der Waals surface area contributed by atoms with Crippen LogP contribution in [0.25, 0.3) is 5.57 Å². The lowest BCUT2D eigenvalue weighted by Crippen LogP contribution is -2.30. The van der Waals surface area contributed by atoms with Gasteiger partial charge in [0, 0.05) is 30.4 Å². The van der Waals surface area contributed by atoms with E-state index in [2.05, 4.69) is 22.5 Å². The van der Waals surface area contributed by atoms with Crippen molar-refractivity contribution < 1.29 is 8.42 Å². The van der Waals surface area contributed by atoms with E-state index in [0.29, 0.717) is 17.3 Å². The molecule has 21 heavy (non-hydrogen) atoms. The topological polar surface area (TPSA) is 50.3 Å². The summed E-state index contributed by atoms with van der Waals surface area (Å²) in [5.41, 5.74) is 1.33. The van der Waals surface area contributed by atoms with Gasteiger partial charge < -0.3 is 4.90 Å². The zero-order valence-corrected chi connectivity index (χ0v) is 13.3. The second-order valence-corrected chi connectivity index (χ2v) is 7.93. The summed E-state index contributed by atoms with van der Waals surface area (Å²) in [4.78, 5) is 7.89. The molecule has 0 saturated heterocycles. The maximum Gasteiger partial charge on any atom is 0.179 e. The van der Waals surface area contributed by atoms with Gasteiger partial charge in [-0.1, -0.05) is 12.1 Å². The highest BCUT2D eigenvalue weighted by Crippen LogP contribution is 2.29. The molecule has 0 fully saturated rings.